The van der Waals surface area contributed by atoms with Crippen LogP contribution < -0.4 is 4.90 Å². The molecule has 0 aromatic carbocycles. The Bertz CT molecular complexity index is 391. The van der Waals surface area contributed by atoms with Crippen molar-refractivity contribution in [3.05, 3.63) is 24.0 Å². The largest absolute Gasteiger partial charge is 0.478 e. The minimum absolute atomic E-state index is 0.0646. The van der Waals surface area contributed by atoms with Crippen LogP contribution in [0.1, 0.15) is 24.2 Å². The predicted molar refractivity (Wildman–Crippen MR) is 60.8 cm³/mol. The standard InChI is InChI=1S/C11H16N2O3/c1-11(2,7-14)13(3)9-4-5-12-6-8(9)10(15)16/h4-6,14H,7H2,1-3H3,(H,15,16). The maximum atomic E-state index is 11.0. The van der Waals surface area contributed by atoms with E-state index >= 15 is 0 Å². The number of anilines is 1. The maximum absolute atomic E-state index is 11.0. The van der Waals surface area contributed by atoms with Gasteiger partial charge in [0.05, 0.1) is 17.8 Å². The predicted octanol–water partition coefficient (Wildman–Crippen LogP) is 0.987. The van der Waals surface area contributed by atoms with Gasteiger partial charge in [-0.05, 0) is 19.9 Å². The van der Waals surface area contributed by atoms with Gasteiger partial charge in [0.25, 0.3) is 0 Å². The van der Waals surface area contributed by atoms with Crippen LogP contribution in [0.15, 0.2) is 18.5 Å². The van der Waals surface area contributed by atoms with Crippen LogP contribution in [0.3, 0.4) is 0 Å². The molecule has 0 aliphatic rings. The summed E-state index contributed by atoms with van der Waals surface area (Å²) in [7, 11) is 1.75. The monoisotopic (exact) mass is 224 g/mol. The first-order chi connectivity index (χ1) is 7.40. The van der Waals surface area contributed by atoms with E-state index in [1.54, 1.807) is 18.0 Å². The van der Waals surface area contributed by atoms with E-state index in [4.69, 9.17) is 5.11 Å². The number of carbonyl (C=O) groups is 1. The molecule has 0 fully saturated rings. The quantitative estimate of drug-likeness (QED) is 0.797. The van der Waals surface area contributed by atoms with Crippen molar-refractivity contribution >= 4 is 11.7 Å². The van der Waals surface area contributed by atoms with Crippen LogP contribution in [0.25, 0.3) is 0 Å². The Hall–Kier alpha value is -1.62. The summed E-state index contributed by atoms with van der Waals surface area (Å²) in [6, 6.07) is 1.63. The minimum Gasteiger partial charge on any atom is -0.478 e. The fourth-order valence-electron chi connectivity index (χ4n) is 1.28. The number of aromatic nitrogens is 1. The number of rotatable bonds is 4. The van der Waals surface area contributed by atoms with E-state index in [0.717, 1.165) is 0 Å². The maximum Gasteiger partial charge on any atom is 0.339 e. The third-order valence-corrected chi connectivity index (χ3v) is 2.68. The van der Waals surface area contributed by atoms with E-state index in [1.165, 1.54) is 12.4 Å². The molecule has 1 rings (SSSR count). The summed E-state index contributed by atoms with van der Waals surface area (Å²) >= 11 is 0. The number of likely N-dealkylation sites (N-methyl/N-ethyl adjacent to an activating group) is 1. The zero-order valence-corrected chi connectivity index (χ0v) is 9.64. The van der Waals surface area contributed by atoms with Crippen molar-refractivity contribution in [2.45, 2.75) is 19.4 Å². The molecule has 5 nitrogen and oxygen atoms in total. The molecule has 0 unspecified atom stereocenters. The number of aliphatic hydroxyl groups excluding tert-OH is 1. The highest BCUT2D eigenvalue weighted by molar-refractivity contribution is 5.94. The van der Waals surface area contributed by atoms with E-state index in [1.807, 2.05) is 13.8 Å². The number of carboxylic acid groups (broad SMARTS) is 1. The molecule has 0 aliphatic heterocycles. The van der Waals surface area contributed by atoms with Crippen LogP contribution in [-0.2, 0) is 0 Å². The molecule has 0 atom stereocenters. The molecule has 16 heavy (non-hydrogen) atoms. The van der Waals surface area contributed by atoms with E-state index < -0.39 is 11.5 Å². The zero-order valence-electron chi connectivity index (χ0n) is 9.64. The highest BCUT2D eigenvalue weighted by Crippen LogP contribution is 2.24. The zero-order chi connectivity index (χ0) is 12.3. The summed E-state index contributed by atoms with van der Waals surface area (Å²) in [6.45, 7) is 3.60. The second-order valence-corrected chi connectivity index (χ2v) is 4.23. The Labute approximate surface area is 94.4 Å². The number of nitrogens with zero attached hydrogens (tertiary/aromatic N) is 2. The van der Waals surface area contributed by atoms with Gasteiger partial charge in [0.2, 0.25) is 0 Å². The molecular formula is C11H16N2O3. The fourth-order valence-corrected chi connectivity index (χ4v) is 1.28. The van der Waals surface area contributed by atoms with Gasteiger partial charge in [-0.3, -0.25) is 4.98 Å². The number of pyridine rings is 1. The lowest BCUT2D eigenvalue weighted by atomic mass is 10.0. The summed E-state index contributed by atoms with van der Waals surface area (Å²) in [5.74, 6) is -1.02. The first kappa shape index (κ1) is 12.4. The average Bonchev–Trinajstić information content (AvgIpc) is 2.28. The van der Waals surface area contributed by atoms with Crippen LogP contribution in [0.2, 0.25) is 0 Å². The van der Waals surface area contributed by atoms with Gasteiger partial charge in [-0.1, -0.05) is 0 Å². The van der Waals surface area contributed by atoms with Gasteiger partial charge in [0, 0.05) is 19.4 Å². The first-order valence-electron chi connectivity index (χ1n) is 4.92. The van der Waals surface area contributed by atoms with E-state index in [0.29, 0.717) is 5.69 Å². The molecule has 88 valence electrons. The van der Waals surface area contributed by atoms with E-state index in [-0.39, 0.29) is 12.2 Å². The number of carboxylic acids is 1. The van der Waals surface area contributed by atoms with E-state index in [2.05, 4.69) is 4.98 Å². The summed E-state index contributed by atoms with van der Waals surface area (Å²) in [4.78, 5) is 16.5. The van der Waals surface area contributed by atoms with Crippen molar-refractivity contribution in [2.75, 3.05) is 18.6 Å². The van der Waals surface area contributed by atoms with Crippen molar-refractivity contribution in [3.8, 4) is 0 Å². The van der Waals surface area contributed by atoms with Crippen molar-refractivity contribution < 1.29 is 15.0 Å². The number of aliphatic hydroxyl groups is 1. The van der Waals surface area contributed by atoms with E-state index in [9.17, 15) is 9.90 Å². The SMILES string of the molecule is CN(c1ccncc1C(=O)O)C(C)(C)CO. The molecule has 1 heterocycles. The van der Waals surface area contributed by atoms with Crippen LogP contribution in [0, 0.1) is 0 Å². The average molecular weight is 224 g/mol. The minimum atomic E-state index is -1.02. The van der Waals surface area contributed by atoms with Crippen LogP contribution >= 0.6 is 0 Å². The Morgan fingerprint density at radius 3 is 2.69 bits per heavy atom. The topological polar surface area (TPSA) is 73.7 Å². The second kappa shape index (κ2) is 4.49. The van der Waals surface area contributed by atoms with Gasteiger partial charge in [0.1, 0.15) is 5.56 Å². The molecule has 0 radical (unpaired) electrons. The second-order valence-electron chi connectivity index (χ2n) is 4.23. The molecule has 1 aromatic heterocycles. The van der Waals surface area contributed by atoms with Crippen LogP contribution in [-0.4, -0.2) is 40.4 Å². The van der Waals surface area contributed by atoms with Crippen molar-refractivity contribution in [3.63, 3.8) is 0 Å². The van der Waals surface area contributed by atoms with Crippen LogP contribution in [0.5, 0.6) is 0 Å². The lowest BCUT2D eigenvalue weighted by Crippen LogP contribution is -2.45. The molecule has 5 heteroatoms. The third-order valence-electron chi connectivity index (χ3n) is 2.68. The van der Waals surface area contributed by atoms with Gasteiger partial charge < -0.3 is 15.1 Å². The van der Waals surface area contributed by atoms with Gasteiger partial charge in [-0.2, -0.15) is 0 Å². The van der Waals surface area contributed by atoms with Crippen LogP contribution in [0.4, 0.5) is 5.69 Å². The first-order valence-corrected chi connectivity index (χ1v) is 4.92. The van der Waals surface area contributed by atoms with Crippen molar-refractivity contribution in [1.29, 1.82) is 0 Å². The Balaban J connectivity index is 3.18. The molecule has 0 bridgehead atoms. The lowest BCUT2D eigenvalue weighted by molar-refractivity contribution is 0.0696. The number of hydrogen-bond donors (Lipinski definition) is 2. The normalized spacial score (nSPS) is 11.2. The Morgan fingerprint density at radius 2 is 2.19 bits per heavy atom. The van der Waals surface area contributed by atoms with Gasteiger partial charge in [0.15, 0.2) is 0 Å². The highest BCUT2D eigenvalue weighted by atomic mass is 16.4. The molecule has 0 aliphatic carbocycles. The van der Waals surface area contributed by atoms with Gasteiger partial charge in [-0.25, -0.2) is 4.79 Å². The third kappa shape index (κ3) is 2.30. The fraction of sp³-hybridized carbons (Fsp3) is 0.455. The van der Waals surface area contributed by atoms with Gasteiger partial charge in [-0.15, -0.1) is 0 Å². The highest BCUT2D eigenvalue weighted by Gasteiger charge is 2.25. The lowest BCUT2D eigenvalue weighted by Gasteiger charge is -2.36. The van der Waals surface area contributed by atoms with Crippen molar-refractivity contribution in [2.24, 2.45) is 0 Å². The Morgan fingerprint density at radius 1 is 1.56 bits per heavy atom. The molecular weight excluding hydrogens is 208 g/mol. The number of hydrogen-bond acceptors (Lipinski definition) is 4. The van der Waals surface area contributed by atoms with Gasteiger partial charge >= 0.3 is 5.97 Å². The molecule has 0 saturated carbocycles. The molecule has 0 spiro atoms. The molecule has 0 saturated heterocycles. The summed E-state index contributed by atoms with van der Waals surface area (Å²) < 4.78 is 0. The van der Waals surface area contributed by atoms with Crippen molar-refractivity contribution in [1.82, 2.24) is 4.98 Å². The smallest absolute Gasteiger partial charge is 0.339 e. The summed E-state index contributed by atoms with van der Waals surface area (Å²) in [5.41, 5.74) is 0.152. The molecule has 1 aromatic rings. The summed E-state index contributed by atoms with van der Waals surface area (Å²) in [6.07, 6.45) is 2.84. The molecule has 2 N–H and O–H groups in total. The molecule has 0 amide bonds. The Kier molecular flexibility index (Phi) is 3.49. The summed E-state index contributed by atoms with van der Waals surface area (Å²) in [5, 5.41) is 18.3. The number of aromatic carboxylic acids is 1.